The van der Waals surface area contributed by atoms with Gasteiger partial charge in [-0.05, 0) is 55.3 Å². The van der Waals surface area contributed by atoms with E-state index in [0.717, 1.165) is 37.1 Å². The van der Waals surface area contributed by atoms with Gasteiger partial charge in [0, 0.05) is 23.0 Å². The standard InChI is InChI=1S/C19H21FN2O/c20-15-7-4-8-18(13-15)21-16-9-11-17(12-10-16)22-19(23)14-5-2-1-3-6-14/h4,7-14,21H,1-3,5-6H2,(H,22,23). The van der Waals surface area contributed by atoms with Gasteiger partial charge in [0.25, 0.3) is 0 Å². The molecule has 2 aromatic rings. The number of hydrogen-bond acceptors (Lipinski definition) is 2. The molecule has 1 amide bonds. The summed E-state index contributed by atoms with van der Waals surface area (Å²) < 4.78 is 13.2. The lowest BCUT2D eigenvalue weighted by atomic mass is 9.88. The molecule has 0 heterocycles. The summed E-state index contributed by atoms with van der Waals surface area (Å²) in [5.41, 5.74) is 2.35. The first-order chi connectivity index (χ1) is 11.2. The summed E-state index contributed by atoms with van der Waals surface area (Å²) in [5, 5.41) is 6.12. The first-order valence-electron chi connectivity index (χ1n) is 8.14. The summed E-state index contributed by atoms with van der Waals surface area (Å²) >= 11 is 0. The fraction of sp³-hybridized carbons (Fsp3) is 0.316. The SMILES string of the molecule is O=C(Nc1ccc(Nc2cccc(F)c2)cc1)C1CCCCC1. The van der Waals surface area contributed by atoms with Crippen LogP contribution in [0, 0.1) is 11.7 Å². The Hall–Kier alpha value is -2.36. The smallest absolute Gasteiger partial charge is 0.227 e. The molecule has 1 fully saturated rings. The third kappa shape index (κ3) is 4.31. The van der Waals surface area contributed by atoms with Crippen LogP contribution >= 0.6 is 0 Å². The molecule has 0 bridgehead atoms. The highest BCUT2D eigenvalue weighted by molar-refractivity contribution is 5.92. The number of hydrogen-bond donors (Lipinski definition) is 2. The van der Waals surface area contributed by atoms with Crippen LogP contribution in [0.2, 0.25) is 0 Å². The van der Waals surface area contributed by atoms with Crippen molar-refractivity contribution in [3.05, 3.63) is 54.3 Å². The lowest BCUT2D eigenvalue weighted by Crippen LogP contribution is -2.24. The van der Waals surface area contributed by atoms with E-state index in [1.54, 1.807) is 6.07 Å². The third-order valence-electron chi connectivity index (χ3n) is 4.24. The van der Waals surface area contributed by atoms with Crippen molar-refractivity contribution in [2.45, 2.75) is 32.1 Å². The summed E-state index contributed by atoms with van der Waals surface area (Å²) in [7, 11) is 0. The number of rotatable bonds is 4. The molecule has 2 aromatic carbocycles. The van der Waals surface area contributed by atoms with Crippen molar-refractivity contribution in [3.8, 4) is 0 Å². The topological polar surface area (TPSA) is 41.1 Å². The Morgan fingerprint density at radius 2 is 1.61 bits per heavy atom. The minimum Gasteiger partial charge on any atom is -0.355 e. The number of carbonyl (C=O) groups excluding carboxylic acids is 1. The third-order valence-corrected chi connectivity index (χ3v) is 4.24. The van der Waals surface area contributed by atoms with Crippen LogP contribution in [0.5, 0.6) is 0 Å². The fourth-order valence-corrected chi connectivity index (χ4v) is 2.98. The average Bonchev–Trinajstić information content (AvgIpc) is 2.57. The highest BCUT2D eigenvalue weighted by atomic mass is 19.1. The number of anilines is 3. The molecule has 3 nitrogen and oxygen atoms in total. The van der Waals surface area contributed by atoms with Crippen molar-refractivity contribution < 1.29 is 9.18 Å². The maximum atomic E-state index is 13.2. The van der Waals surface area contributed by atoms with Gasteiger partial charge < -0.3 is 10.6 Å². The molecular formula is C19H21FN2O. The second-order valence-corrected chi connectivity index (χ2v) is 6.04. The summed E-state index contributed by atoms with van der Waals surface area (Å²) in [6, 6.07) is 13.8. The predicted molar refractivity (Wildman–Crippen MR) is 91.3 cm³/mol. The van der Waals surface area contributed by atoms with Crippen LogP contribution < -0.4 is 10.6 Å². The highest BCUT2D eigenvalue weighted by Gasteiger charge is 2.20. The van der Waals surface area contributed by atoms with E-state index >= 15 is 0 Å². The van der Waals surface area contributed by atoms with E-state index in [4.69, 9.17) is 0 Å². The van der Waals surface area contributed by atoms with Crippen molar-refractivity contribution >= 4 is 23.0 Å². The lowest BCUT2D eigenvalue weighted by Gasteiger charge is -2.20. The van der Waals surface area contributed by atoms with Gasteiger partial charge in [0.2, 0.25) is 5.91 Å². The molecule has 23 heavy (non-hydrogen) atoms. The molecule has 1 aliphatic carbocycles. The van der Waals surface area contributed by atoms with Crippen LogP contribution in [0.4, 0.5) is 21.5 Å². The van der Waals surface area contributed by atoms with Gasteiger partial charge >= 0.3 is 0 Å². The highest BCUT2D eigenvalue weighted by Crippen LogP contribution is 2.25. The van der Waals surface area contributed by atoms with Gasteiger partial charge in [-0.15, -0.1) is 0 Å². The Kier molecular flexibility index (Phi) is 4.91. The normalized spacial score (nSPS) is 15.2. The zero-order valence-corrected chi connectivity index (χ0v) is 13.0. The van der Waals surface area contributed by atoms with E-state index in [0.29, 0.717) is 5.69 Å². The van der Waals surface area contributed by atoms with E-state index in [1.807, 2.05) is 30.3 Å². The number of nitrogens with one attached hydrogen (secondary N) is 2. The molecule has 0 aromatic heterocycles. The molecule has 0 spiro atoms. The summed E-state index contributed by atoms with van der Waals surface area (Å²) in [5.74, 6) is -0.00393. The molecule has 3 rings (SSSR count). The summed E-state index contributed by atoms with van der Waals surface area (Å²) in [6.07, 6.45) is 5.52. The summed E-state index contributed by atoms with van der Waals surface area (Å²) in [6.45, 7) is 0. The number of carbonyl (C=O) groups is 1. The molecule has 4 heteroatoms. The first-order valence-corrected chi connectivity index (χ1v) is 8.14. The van der Waals surface area contributed by atoms with Crippen LogP contribution in [0.25, 0.3) is 0 Å². The second-order valence-electron chi connectivity index (χ2n) is 6.04. The van der Waals surface area contributed by atoms with Crippen LogP contribution in [0.15, 0.2) is 48.5 Å². The van der Waals surface area contributed by atoms with Gasteiger partial charge in [-0.25, -0.2) is 4.39 Å². The average molecular weight is 312 g/mol. The zero-order valence-electron chi connectivity index (χ0n) is 13.0. The van der Waals surface area contributed by atoms with E-state index in [1.165, 1.54) is 18.6 Å². The van der Waals surface area contributed by atoms with Crippen molar-refractivity contribution in [3.63, 3.8) is 0 Å². The quantitative estimate of drug-likeness (QED) is 0.825. The van der Waals surface area contributed by atoms with Gasteiger partial charge in [0.05, 0.1) is 0 Å². The van der Waals surface area contributed by atoms with E-state index in [2.05, 4.69) is 10.6 Å². The fourth-order valence-electron chi connectivity index (χ4n) is 2.98. The predicted octanol–water partition coefficient (Wildman–Crippen LogP) is 5.09. The minimum atomic E-state index is -0.272. The van der Waals surface area contributed by atoms with E-state index < -0.39 is 0 Å². The maximum absolute atomic E-state index is 13.2. The molecule has 0 unspecified atom stereocenters. The van der Waals surface area contributed by atoms with Crippen LogP contribution in [-0.2, 0) is 4.79 Å². The minimum absolute atomic E-state index is 0.121. The van der Waals surface area contributed by atoms with E-state index in [9.17, 15) is 9.18 Å². The van der Waals surface area contributed by atoms with Gasteiger partial charge in [-0.2, -0.15) is 0 Å². The number of amides is 1. The Morgan fingerprint density at radius 3 is 2.30 bits per heavy atom. The Labute approximate surface area is 135 Å². The van der Waals surface area contributed by atoms with Crippen molar-refractivity contribution in [1.82, 2.24) is 0 Å². The molecule has 120 valence electrons. The van der Waals surface area contributed by atoms with Crippen molar-refractivity contribution in [2.24, 2.45) is 5.92 Å². The number of halogens is 1. The lowest BCUT2D eigenvalue weighted by molar-refractivity contribution is -0.120. The molecule has 1 saturated carbocycles. The molecule has 2 N–H and O–H groups in total. The first kappa shape index (κ1) is 15.5. The maximum Gasteiger partial charge on any atom is 0.227 e. The molecule has 1 aliphatic rings. The van der Waals surface area contributed by atoms with Gasteiger partial charge in [0.1, 0.15) is 5.82 Å². The molecule has 0 radical (unpaired) electrons. The van der Waals surface area contributed by atoms with Gasteiger partial charge in [-0.1, -0.05) is 25.3 Å². The Morgan fingerprint density at radius 1 is 0.913 bits per heavy atom. The Balaban J connectivity index is 1.59. The molecule has 0 saturated heterocycles. The number of benzene rings is 2. The largest absolute Gasteiger partial charge is 0.355 e. The Bertz CT molecular complexity index is 663. The zero-order chi connectivity index (χ0) is 16.1. The van der Waals surface area contributed by atoms with Crippen molar-refractivity contribution in [2.75, 3.05) is 10.6 Å². The monoisotopic (exact) mass is 312 g/mol. The summed E-state index contributed by atoms with van der Waals surface area (Å²) in [4.78, 5) is 12.2. The molecule has 0 aliphatic heterocycles. The van der Waals surface area contributed by atoms with Gasteiger partial charge in [-0.3, -0.25) is 4.79 Å². The molecular weight excluding hydrogens is 291 g/mol. The second kappa shape index (κ2) is 7.27. The van der Waals surface area contributed by atoms with Crippen LogP contribution in [0.3, 0.4) is 0 Å². The van der Waals surface area contributed by atoms with Crippen molar-refractivity contribution in [1.29, 1.82) is 0 Å². The van der Waals surface area contributed by atoms with Crippen LogP contribution in [0.1, 0.15) is 32.1 Å². The molecule has 0 atom stereocenters. The van der Waals surface area contributed by atoms with E-state index in [-0.39, 0.29) is 17.6 Å². The van der Waals surface area contributed by atoms with Crippen LogP contribution in [-0.4, -0.2) is 5.91 Å². The van der Waals surface area contributed by atoms with Gasteiger partial charge in [0.15, 0.2) is 0 Å².